The number of carbonyl (C=O) groups is 3. The van der Waals surface area contributed by atoms with E-state index in [9.17, 15) is 22.8 Å². The van der Waals surface area contributed by atoms with Crippen molar-refractivity contribution in [3.63, 3.8) is 0 Å². The number of anilines is 1. The van der Waals surface area contributed by atoms with Gasteiger partial charge in [0.05, 0.1) is 10.4 Å². The SMILES string of the molecule is Cn1c2c(c3sc(S(C)(=O)=O)nc31)C=NC(CCc1cccc(N(C(=O)OC(C)(C)C)C(=O)OC(C)(C)C)n1)C2=O. The zero-order valence-electron chi connectivity index (χ0n) is 24.2. The van der Waals surface area contributed by atoms with E-state index in [1.807, 2.05) is 0 Å². The monoisotopic (exact) mass is 603 g/mol. The molecular formula is C27H33N5O7S2. The van der Waals surface area contributed by atoms with Gasteiger partial charge in [-0.15, -0.1) is 11.3 Å². The number of aryl methyl sites for hydroxylation is 2. The van der Waals surface area contributed by atoms with Crippen molar-refractivity contribution in [3.05, 3.63) is 35.2 Å². The molecule has 4 rings (SSSR count). The Kier molecular flexibility index (Phi) is 7.86. The van der Waals surface area contributed by atoms with Crippen LogP contribution in [0.15, 0.2) is 27.5 Å². The first-order valence-electron chi connectivity index (χ1n) is 12.8. The van der Waals surface area contributed by atoms with Crippen LogP contribution in [0.25, 0.3) is 10.3 Å². The van der Waals surface area contributed by atoms with Gasteiger partial charge >= 0.3 is 12.2 Å². The van der Waals surface area contributed by atoms with E-state index in [1.165, 1.54) is 6.07 Å². The summed E-state index contributed by atoms with van der Waals surface area (Å²) in [7, 11) is -1.81. The fourth-order valence-electron chi connectivity index (χ4n) is 4.15. The van der Waals surface area contributed by atoms with Crippen molar-refractivity contribution < 1.29 is 32.3 Å². The van der Waals surface area contributed by atoms with Crippen LogP contribution >= 0.6 is 11.3 Å². The average molecular weight is 604 g/mol. The number of ketones is 1. The quantitative estimate of drug-likeness (QED) is 0.403. The predicted molar refractivity (Wildman–Crippen MR) is 155 cm³/mol. The third-order valence-electron chi connectivity index (χ3n) is 5.83. The van der Waals surface area contributed by atoms with Crippen molar-refractivity contribution in [2.75, 3.05) is 11.2 Å². The van der Waals surface area contributed by atoms with Crippen molar-refractivity contribution in [2.24, 2.45) is 12.0 Å². The highest BCUT2D eigenvalue weighted by Gasteiger charge is 2.35. The van der Waals surface area contributed by atoms with E-state index in [0.717, 1.165) is 22.5 Å². The second-order valence-electron chi connectivity index (χ2n) is 11.7. The Bertz CT molecular complexity index is 1650. The minimum Gasteiger partial charge on any atom is -0.443 e. The van der Waals surface area contributed by atoms with Gasteiger partial charge in [-0.2, -0.15) is 4.90 Å². The van der Waals surface area contributed by atoms with Crippen LogP contribution in [0.5, 0.6) is 0 Å². The van der Waals surface area contributed by atoms with E-state index in [-0.39, 0.29) is 15.9 Å². The number of pyridine rings is 1. The van der Waals surface area contributed by atoms with Gasteiger partial charge in [0.15, 0.2) is 5.65 Å². The summed E-state index contributed by atoms with van der Waals surface area (Å²) in [5.74, 6) is -0.182. The lowest BCUT2D eigenvalue weighted by molar-refractivity contribution is 0.0428. The standard InChI is InChI=1S/C27H33N5O7S2/c1-26(2,3)38-24(34)32(25(35)39-27(4,5)6)18-11-9-10-15(29-18)12-13-17-20(33)19-16(14-28-17)21-22(31(19)7)30-23(40-21)41(8,36)37/h9-11,14,17H,12-13H2,1-8H3. The molecule has 3 aromatic heterocycles. The maximum absolute atomic E-state index is 13.4. The van der Waals surface area contributed by atoms with E-state index in [2.05, 4.69) is 15.0 Å². The molecule has 0 aromatic carbocycles. The van der Waals surface area contributed by atoms with Gasteiger partial charge in [-0.3, -0.25) is 9.79 Å². The van der Waals surface area contributed by atoms with Crippen LogP contribution in [-0.2, 0) is 32.8 Å². The van der Waals surface area contributed by atoms with E-state index < -0.39 is 39.3 Å². The number of thiazole rings is 1. The molecule has 3 aromatic rings. The molecule has 0 fully saturated rings. The normalized spacial score (nSPS) is 15.6. The second kappa shape index (κ2) is 10.6. The van der Waals surface area contributed by atoms with Crippen LogP contribution < -0.4 is 4.90 Å². The molecule has 1 atom stereocenters. The summed E-state index contributed by atoms with van der Waals surface area (Å²) in [5, 5.41) is 0. The van der Waals surface area contributed by atoms with Crippen LogP contribution in [0, 0.1) is 0 Å². The van der Waals surface area contributed by atoms with Crippen LogP contribution in [0.3, 0.4) is 0 Å². The highest BCUT2D eigenvalue weighted by Crippen LogP contribution is 2.34. The number of hydrogen-bond donors (Lipinski definition) is 0. The lowest BCUT2D eigenvalue weighted by atomic mass is 9.99. The van der Waals surface area contributed by atoms with Crippen LogP contribution in [0.2, 0.25) is 0 Å². The molecule has 0 bridgehead atoms. The largest absolute Gasteiger partial charge is 0.443 e. The molecule has 0 saturated carbocycles. The summed E-state index contributed by atoms with van der Waals surface area (Å²) < 4.78 is 37.0. The Morgan fingerprint density at radius 3 is 2.22 bits per heavy atom. The number of aromatic nitrogens is 3. The molecule has 2 amide bonds. The summed E-state index contributed by atoms with van der Waals surface area (Å²) >= 11 is 1.01. The predicted octanol–water partition coefficient (Wildman–Crippen LogP) is 4.73. The maximum Gasteiger partial charge on any atom is 0.425 e. The number of imide groups is 1. The zero-order chi connectivity index (χ0) is 30.5. The molecule has 1 aliphatic heterocycles. The summed E-state index contributed by atoms with van der Waals surface area (Å²) in [6.07, 6.45) is 1.47. The Hall–Kier alpha value is -3.65. The smallest absolute Gasteiger partial charge is 0.425 e. The lowest BCUT2D eigenvalue weighted by Gasteiger charge is -2.28. The number of fused-ring (bicyclic) bond motifs is 3. The van der Waals surface area contributed by atoms with E-state index in [1.54, 1.807) is 71.5 Å². The number of Topliss-reactive ketones (excluding diaryl/α,β-unsaturated/α-hetero) is 1. The first kappa shape index (κ1) is 30.3. The van der Waals surface area contributed by atoms with Gasteiger partial charge < -0.3 is 14.0 Å². The summed E-state index contributed by atoms with van der Waals surface area (Å²) in [4.78, 5) is 53.3. The van der Waals surface area contributed by atoms with Gasteiger partial charge in [-0.1, -0.05) is 6.07 Å². The van der Waals surface area contributed by atoms with Crippen molar-refractivity contribution in [2.45, 2.75) is 76.0 Å². The van der Waals surface area contributed by atoms with E-state index in [0.29, 0.717) is 40.1 Å². The molecule has 0 N–H and O–H groups in total. The third kappa shape index (κ3) is 6.64. The third-order valence-corrected chi connectivity index (χ3v) is 8.58. The van der Waals surface area contributed by atoms with Crippen molar-refractivity contribution in [1.29, 1.82) is 0 Å². The molecule has 1 aliphatic rings. The maximum atomic E-state index is 13.4. The van der Waals surface area contributed by atoms with Gasteiger partial charge in [0.2, 0.25) is 20.0 Å². The minimum absolute atomic E-state index is 0.0124. The Morgan fingerprint density at radius 2 is 1.66 bits per heavy atom. The van der Waals surface area contributed by atoms with Gasteiger partial charge in [-0.05, 0) is 66.5 Å². The summed E-state index contributed by atoms with van der Waals surface area (Å²) in [6.45, 7) is 10.1. The first-order chi connectivity index (χ1) is 18.9. The molecule has 220 valence electrons. The number of rotatable bonds is 5. The van der Waals surface area contributed by atoms with Gasteiger partial charge in [-0.25, -0.2) is 28.0 Å². The van der Waals surface area contributed by atoms with Crippen molar-refractivity contribution >= 4 is 61.5 Å². The number of sulfone groups is 1. The second-order valence-corrected chi connectivity index (χ2v) is 14.9. The number of carbonyl (C=O) groups excluding carboxylic acids is 3. The van der Waals surface area contributed by atoms with Crippen LogP contribution in [-0.4, -0.2) is 70.6 Å². The topological polar surface area (TPSA) is 150 Å². The van der Waals surface area contributed by atoms with E-state index in [4.69, 9.17) is 9.47 Å². The Labute approximate surface area is 242 Å². The molecular weight excluding hydrogens is 570 g/mol. The molecule has 4 heterocycles. The van der Waals surface area contributed by atoms with Gasteiger partial charge in [0.1, 0.15) is 23.1 Å². The Balaban J connectivity index is 1.56. The lowest BCUT2D eigenvalue weighted by Crippen LogP contribution is -2.44. The first-order valence-corrected chi connectivity index (χ1v) is 15.5. The van der Waals surface area contributed by atoms with Crippen LogP contribution in [0.1, 0.15) is 69.7 Å². The number of ether oxygens (including phenoxy) is 2. The number of aliphatic imine (C=N–C) groups is 1. The number of hydrogen-bond acceptors (Lipinski definition) is 11. The molecule has 0 aliphatic carbocycles. The molecule has 0 radical (unpaired) electrons. The highest BCUT2D eigenvalue weighted by molar-refractivity contribution is 7.92. The summed E-state index contributed by atoms with van der Waals surface area (Å²) in [6, 6.07) is 4.18. The van der Waals surface area contributed by atoms with Crippen molar-refractivity contribution in [1.82, 2.24) is 14.5 Å². The minimum atomic E-state index is -3.48. The zero-order valence-corrected chi connectivity index (χ0v) is 25.8. The fraction of sp³-hybridized carbons (Fsp3) is 0.481. The Morgan fingerprint density at radius 1 is 1.05 bits per heavy atom. The molecule has 41 heavy (non-hydrogen) atoms. The fourth-order valence-corrected chi connectivity index (χ4v) is 6.10. The summed E-state index contributed by atoms with van der Waals surface area (Å²) in [5.41, 5.74) is 0.199. The van der Waals surface area contributed by atoms with Gasteiger partial charge in [0.25, 0.3) is 0 Å². The molecule has 0 spiro atoms. The molecule has 14 heteroatoms. The number of amides is 2. The van der Waals surface area contributed by atoms with Gasteiger partial charge in [0, 0.05) is 30.8 Å². The molecule has 0 saturated heterocycles. The molecule has 12 nitrogen and oxygen atoms in total. The van der Waals surface area contributed by atoms with E-state index >= 15 is 0 Å². The molecule has 1 unspecified atom stereocenters. The highest BCUT2D eigenvalue weighted by atomic mass is 32.2. The van der Waals surface area contributed by atoms with Crippen LogP contribution in [0.4, 0.5) is 15.4 Å². The number of nitrogens with zero attached hydrogens (tertiary/aromatic N) is 5. The van der Waals surface area contributed by atoms with Crippen molar-refractivity contribution in [3.8, 4) is 0 Å². The average Bonchev–Trinajstić information content (AvgIpc) is 3.36.